The number of aryl methyl sites for hydroxylation is 1. The lowest BCUT2D eigenvalue weighted by molar-refractivity contribution is -0.139. The van der Waals surface area contributed by atoms with Crippen LogP contribution in [0.1, 0.15) is 12.5 Å². The third-order valence-corrected chi connectivity index (χ3v) is 6.67. The lowest BCUT2D eigenvalue weighted by Gasteiger charge is -2.35. The molecule has 1 aliphatic rings. The zero-order chi connectivity index (χ0) is 21.2. The van der Waals surface area contributed by atoms with Gasteiger partial charge >= 0.3 is 0 Å². The second-order valence-electron chi connectivity index (χ2n) is 6.86. The molecule has 0 radical (unpaired) electrons. The highest BCUT2D eigenvalue weighted by molar-refractivity contribution is 7.89. The van der Waals surface area contributed by atoms with Gasteiger partial charge in [0.2, 0.25) is 10.0 Å². The molecule has 156 valence electrons. The van der Waals surface area contributed by atoms with Crippen LogP contribution >= 0.6 is 0 Å². The van der Waals surface area contributed by atoms with Gasteiger partial charge in [0.05, 0.1) is 0 Å². The van der Waals surface area contributed by atoms with Gasteiger partial charge in [-0.25, -0.2) is 17.2 Å². The predicted octanol–water partition coefficient (Wildman–Crippen LogP) is 2.57. The van der Waals surface area contributed by atoms with Crippen molar-refractivity contribution < 1.29 is 26.7 Å². The van der Waals surface area contributed by atoms with Crippen molar-refractivity contribution in [2.24, 2.45) is 0 Å². The molecule has 1 unspecified atom stereocenters. The Morgan fingerprint density at radius 3 is 2.21 bits per heavy atom. The highest BCUT2D eigenvalue weighted by Crippen LogP contribution is 2.24. The van der Waals surface area contributed by atoms with Crippen LogP contribution in [0.2, 0.25) is 0 Å². The van der Waals surface area contributed by atoms with Gasteiger partial charge in [0.25, 0.3) is 5.91 Å². The number of nitrogens with zero attached hydrogens (tertiary/aromatic N) is 2. The fraction of sp³-hybridized carbons (Fsp3) is 0.350. The van der Waals surface area contributed by atoms with Crippen LogP contribution in [0, 0.1) is 18.6 Å². The molecular weight excluding hydrogens is 402 g/mol. The van der Waals surface area contributed by atoms with Gasteiger partial charge in [0.1, 0.15) is 17.4 Å². The van der Waals surface area contributed by atoms with Crippen molar-refractivity contribution in [1.82, 2.24) is 9.21 Å². The van der Waals surface area contributed by atoms with Gasteiger partial charge in [-0.3, -0.25) is 4.79 Å². The Morgan fingerprint density at radius 1 is 1.03 bits per heavy atom. The van der Waals surface area contributed by atoms with Crippen molar-refractivity contribution in [1.29, 1.82) is 0 Å². The first-order valence-corrected chi connectivity index (χ1v) is 10.6. The van der Waals surface area contributed by atoms with E-state index in [1.54, 1.807) is 13.0 Å². The molecule has 0 N–H and O–H groups in total. The summed E-state index contributed by atoms with van der Waals surface area (Å²) < 4.78 is 59.8. The lowest BCUT2D eigenvalue weighted by atomic mass is 10.2. The minimum atomic E-state index is -4.33. The average molecular weight is 424 g/mol. The van der Waals surface area contributed by atoms with E-state index >= 15 is 0 Å². The number of benzene rings is 2. The van der Waals surface area contributed by atoms with E-state index in [1.807, 2.05) is 25.1 Å². The number of carbonyl (C=O) groups excluding carboxylic acids is 1. The van der Waals surface area contributed by atoms with Gasteiger partial charge in [0, 0.05) is 26.2 Å². The van der Waals surface area contributed by atoms with Crippen LogP contribution in [-0.2, 0) is 14.8 Å². The number of amides is 1. The normalized spacial score (nSPS) is 16.5. The summed E-state index contributed by atoms with van der Waals surface area (Å²) in [7, 11) is -4.33. The molecule has 1 aliphatic heterocycles. The summed E-state index contributed by atoms with van der Waals surface area (Å²) in [6.45, 7) is 3.64. The Labute approximate surface area is 168 Å². The van der Waals surface area contributed by atoms with Crippen LogP contribution in [0.15, 0.2) is 47.4 Å². The van der Waals surface area contributed by atoms with E-state index in [-0.39, 0.29) is 32.1 Å². The molecular formula is C20H22F2N2O4S. The number of hydrogen-bond acceptors (Lipinski definition) is 4. The van der Waals surface area contributed by atoms with Gasteiger partial charge in [-0.2, -0.15) is 4.31 Å². The SMILES string of the molecule is Cc1cccc(OC(C)C(=O)N2CCN(S(=O)(=O)c3c(F)cccc3F)CC2)c1. The molecule has 0 spiro atoms. The van der Waals surface area contributed by atoms with E-state index in [0.29, 0.717) is 5.75 Å². The van der Waals surface area contributed by atoms with Crippen LogP contribution < -0.4 is 4.74 Å². The van der Waals surface area contributed by atoms with Gasteiger partial charge < -0.3 is 9.64 Å². The first-order valence-electron chi connectivity index (χ1n) is 9.16. The molecule has 1 amide bonds. The molecule has 9 heteroatoms. The molecule has 0 bridgehead atoms. The Kier molecular flexibility index (Phi) is 6.18. The zero-order valence-corrected chi connectivity index (χ0v) is 17.0. The fourth-order valence-electron chi connectivity index (χ4n) is 3.21. The first-order chi connectivity index (χ1) is 13.7. The van der Waals surface area contributed by atoms with Crippen LogP contribution in [0.3, 0.4) is 0 Å². The van der Waals surface area contributed by atoms with Crippen molar-refractivity contribution in [2.45, 2.75) is 24.8 Å². The third-order valence-electron chi connectivity index (χ3n) is 4.72. The van der Waals surface area contributed by atoms with E-state index in [4.69, 9.17) is 4.74 Å². The Balaban J connectivity index is 1.64. The smallest absolute Gasteiger partial charge is 0.263 e. The number of halogens is 2. The summed E-state index contributed by atoms with van der Waals surface area (Å²) in [5, 5.41) is 0. The van der Waals surface area contributed by atoms with E-state index in [0.717, 1.165) is 28.1 Å². The molecule has 0 saturated carbocycles. The van der Waals surface area contributed by atoms with Gasteiger partial charge in [-0.1, -0.05) is 18.2 Å². The third kappa shape index (κ3) is 4.56. The molecule has 1 atom stereocenters. The minimum absolute atomic E-state index is 0.0565. The molecule has 2 aromatic rings. The largest absolute Gasteiger partial charge is 0.481 e. The van der Waals surface area contributed by atoms with Gasteiger partial charge in [-0.05, 0) is 43.7 Å². The second-order valence-corrected chi connectivity index (χ2v) is 8.73. The average Bonchev–Trinajstić information content (AvgIpc) is 2.67. The summed E-state index contributed by atoms with van der Waals surface area (Å²) in [4.78, 5) is 13.2. The fourth-order valence-corrected chi connectivity index (χ4v) is 4.74. The maximum Gasteiger partial charge on any atom is 0.263 e. The number of sulfonamides is 1. The molecule has 1 heterocycles. The molecule has 29 heavy (non-hydrogen) atoms. The van der Waals surface area contributed by atoms with Crippen molar-refractivity contribution >= 4 is 15.9 Å². The molecule has 0 aromatic heterocycles. The van der Waals surface area contributed by atoms with Crippen molar-refractivity contribution in [2.75, 3.05) is 26.2 Å². The summed E-state index contributed by atoms with van der Waals surface area (Å²) in [5.41, 5.74) is 1.00. The molecule has 1 saturated heterocycles. The van der Waals surface area contributed by atoms with Gasteiger partial charge in [-0.15, -0.1) is 0 Å². The van der Waals surface area contributed by atoms with Crippen LogP contribution in [0.5, 0.6) is 5.75 Å². The molecule has 0 aliphatic carbocycles. The summed E-state index contributed by atoms with van der Waals surface area (Å²) in [5.74, 6) is -1.98. The van der Waals surface area contributed by atoms with Crippen LogP contribution in [0.4, 0.5) is 8.78 Å². The molecule has 2 aromatic carbocycles. The molecule has 3 rings (SSSR count). The summed E-state index contributed by atoms with van der Waals surface area (Å²) in [6.07, 6.45) is -0.746. The maximum atomic E-state index is 13.9. The Morgan fingerprint density at radius 2 is 1.62 bits per heavy atom. The maximum absolute atomic E-state index is 13.9. The quantitative estimate of drug-likeness (QED) is 0.740. The van der Waals surface area contributed by atoms with E-state index < -0.39 is 32.7 Å². The predicted molar refractivity (Wildman–Crippen MR) is 103 cm³/mol. The highest BCUT2D eigenvalue weighted by atomic mass is 32.2. The second kappa shape index (κ2) is 8.46. The topological polar surface area (TPSA) is 66.9 Å². The minimum Gasteiger partial charge on any atom is -0.481 e. The number of ether oxygens (including phenoxy) is 1. The molecule has 6 nitrogen and oxygen atoms in total. The number of carbonyl (C=O) groups is 1. The van der Waals surface area contributed by atoms with Crippen molar-refractivity contribution in [3.05, 3.63) is 59.7 Å². The first kappa shape index (κ1) is 21.2. The Hall–Kier alpha value is -2.52. The monoisotopic (exact) mass is 424 g/mol. The van der Waals surface area contributed by atoms with Crippen molar-refractivity contribution in [3.63, 3.8) is 0 Å². The lowest BCUT2D eigenvalue weighted by Crippen LogP contribution is -2.53. The van der Waals surface area contributed by atoms with Crippen LogP contribution in [0.25, 0.3) is 0 Å². The van der Waals surface area contributed by atoms with Crippen LogP contribution in [-0.4, -0.2) is 55.8 Å². The van der Waals surface area contributed by atoms with E-state index in [1.165, 1.54) is 4.90 Å². The van der Waals surface area contributed by atoms with E-state index in [9.17, 15) is 22.0 Å². The summed E-state index contributed by atoms with van der Waals surface area (Å²) >= 11 is 0. The number of rotatable bonds is 5. The van der Waals surface area contributed by atoms with E-state index in [2.05, 4.69) is 0 Å². The summed E-state index contributed by atoms with van der Waals surface area (Å²) in [6, 6.07) is 10.2. The molecule has 1 fully saturated rings. The highest BCUT2D eigenvalue weighted by Gasteiger charge is 2.35. The standard InChI is InChI=1S/C20H22F2N2O4S/c1-14-5-3-6-16(13-14)28-15(2)20(25)23-9-11-24(12-10-23)29(26,27)19-17(21)7-4-8-18(19)22/h3-8,13,15H,9-12H2,1-2H3. The Bertz CT molecular complexity index is 985. The number of hydrogen-bond donors (Lipinski definition) is 0. The van der Waals surface area contributed by atoms with Crippen molar-refractivity contribution in [3.8, 4) is 5.75 Å². The zero-order valence-electron chi connectivity index (χ0n) is 16.1. The number of piperazine rings is 1. The van der Waals surface area contributed by atoms with Gasteiger partial charge in [0.15, 0.2) is 11.0 Å².